The number of carboxylic acid groups (broad SMARTS) is 1. The Morgan fingerprint density at radius 2 is 1.83 bits per heavy atom. The molecule has 0 bridgehead atoms. The van der Waals surface area contributed by atoms with Crippen LogP contribution in [0.5, 0.6) is 0 Å². The van der Waals surface area contributed by atoms with Crippen LogP contribution in [0.4, 0.5) is 8.78 Å². The summed E-state index contributed by atoms with van der Waals surface area (Å²) >= 11 is 1.11. The summed E-state index contributed by atoms with van der Waals surface area (Å²) in [6.45, 7) is 5.93. The second kappa shape index (κ2) is 5.34. The fourth-order valence-corrected chi connectivity index (χ4v) is 2.59. The molecule has 5 heteroatoms. The molecule has 0 radical (unpaired) electrons. The minimum Gasteiger partial charge on any atom is -0.481 e. The predicted octanol–water partition coefficient (Wildman–Crippen LogP) is 4.39. The van der Waals surface area contributed by atoms with Gasteiger partial charge in [-0.3, -0.25) is 4.79 Å². The van der Waals surface area contributed by atoms with Gasteiger partial charge >= 0.3 is 5.97 Å². The van der Waals surface area contributed by atoms with Crippen LogP contribution in [0.2, 0.25) is 0 Å². The van der Waals surface area contributed by atoms with E-state index in [1.165, 1.54) is 6.07 Å². The van der Waals surface area contributed by atoms with Gasteiger partial charge in [0.1, 0.15) is 0 Å². The number of rotatable bonds is 5. The molecule has 0 fully saturated rings. The van der Waals surface area contributed by atoms with E-state index >= 15 is 0 Å². The molecule has 1 rings (SSSR count). The minimum atomic E-state index is -2.93. The first kappa shape index (κ1) is 15.1. The molecular weight excluding hydrogens is 258 g/mol. The Balaban J connectivity index is 2.73. The zero-order chi connectivity index (χ0) is 14.0. The van der Waals surface area contributed by atoms with Crippen molar-refractivity contribution in [1.82, 2.24) is 0 Å². The van der Waals surface area contributed by atoms with Crippen LogP contribution in [-0.2, 0) is 16.1 Å². The van der Waals surface area contributed by atoms with Crippen molar-refractivity contribution in [2.24, 2.45) is 0 Å². The highest BCUT2D eigenvalue weighted by Gasteiger charge is 2.33. The van der Waals surface area contributed by atoms with Gasteiger partial charge in [-0.2, -0.15) is 0 Å². The highest BCUT2D eigenvalue weighted by atomic mass is 32.1. The summed E-state index contributed by atoms with van der Waals surface area (Å²) in [7, 11) is 0. The molecule has 1 heterocycles. The summed E-state index contributed by atoms with van der Waals surface area (Å²) < 4.78 is 27.7. The van der Waals surface area contributed by atoms with Gasteiger partial charge in [0.05, 0.1) is 4.88 Å². The Kier molecular flexibility index (Phi) is 4.48. The lowest BCUT2D eigenvalue weighted by Crippen LogP contribution is -2.12. The molecule has 1 aromatic rings. The number of hydrogen-bond donors (Lipinski definition) is 1. The van der Waals surface area contributed by atoms with Crippen LogP contribution in [0.1, 0.15) is 49.8 Å². The number of halogens is 2. The van der Waals surface area contributed by atoms with Gasteiger partial charge in [0, 0.05) is 17.7 Å². The summed E-state index contributed by atoms with van der Waals surface area (Å²) in [6.07, 6.45) is -0.637. The standard InChI is InChI=1S/C13H18F2O2S/c1-12(2,3)9-6-7-10(18-9)13(14,15)8-4-5-11(16)17/h6-7H,4-5,8H2,1-3H3,(H,16,17). The van der Waals surface area contributed by atoms with Crippen LogP contribution < -0.4 is 0 Å². The lowest BCUT2D eigenvalue weighted by molar-refractivity contribution is -0.137. The Morgan fingerprint density at radius 3 is 2.28 bits per heavy atom. The molecule has 1 aromatic heterocycles. The number of thiophene rings is 1. The fraction of sp³-hybridized carbons (Fsp3) is 0.615. The SMILES string of the molecule is CC(C)(C)c1ccc(C(F)(F)CCCC(=O)O)s1. The van der Waals surface area contributed by atoms with Crippen LogP contribution in [-0.4, -0.2) is 11.1 Å². The van der Waals surface area contributed by atoms with E-state index in [2.05, 4.69) is 0 Å². The van der Waals surface area contributed by atoms with Gasteiger partial charge < -0.3 is 5.11 Å². The molecule has 1 N–H and O–H groups in total. The molecule has 0 aliphatic heterocycles. The topological polar surface area (TPSA) is 37.3 Å². The zero-order valence-electron chi connectivity index (χ0n) is 10.8. The van der Waals surface area contributed by atoms with E-state index in [0.717, 1.165) is 16.2 Å². The molecule has 0 amide bonds. The number of aliphatic carboxylic acids is 1. The maximum atomic E-state index is 13.8. The first-order valence-electron chi connectivity index (χ1n) is 5.83. The van der Waals surface area contributed by atoms with E-state index in [1.54, 1.807) is 6.07 Å². The Bertz CT molecular complexity index is 419. The number of carbonyl (C=O) groups is 1. The molecule has 0 saturated heterocycles. The number of carboxylic acids is 1. The lowest BCUT2D eigenvalue weighted by Gasteiger charge is -2.17. The monoisotopic (exact) mass is 276 g/mol. The summed E-state index contributed by atoms with van der Waals surface area (Å²) in [5.41, 5.74) is -0.139. The summed E-state index contributed by atoms with van der Waals surface area (Å²) in [5, 5.41) is 8.45. The minimum absolute atomic E-state index is 0.00884. The molecule has 102 valence electrons. The molecule has 2 nitrogen and oxygen atoms in total. The van der Waals surface area contributed by atoms with Gasteiger partial charge in [-0.1, -0.05) is 20.8 Å². The number of hydrogen-bond acceptors (Lipinski definition) is 2. The van der Waals surface area contributed by atoms with Crippen LogP contribution in [0.15, 0.2) is 12.1 Å². The van der Waals surface area contributed by atoms with Crippen molar-refractivity contribution in [2.45, 2.75) is 51.4 Å². The zero-order valence-corrected chi connectivity index (χ0v) is 11.6. The average molecular weight is 276 g/mol. The van der Waals surface area contributed by atoms with Crippen LogP contribution in [0, 0.1) is 0 Å². The third-order valence-corrected chi connectivity index (χ3v) is 4.21. The molecule has 0 aromatic carbocycles. The van der Waals surface area contributed by atoms with E-state index in [0.29, 0.717) is 0 Å². The first-order chi connectivity index (χ1) is 8.13. The van der Waals surface area contributed by atoms with E-state index in [4.69, 9.17) is 5.11 Å². The van der Waals surface area contributed by atoms with E-state index in [9.17, 15) is 13.6 Å². The summed E-state index contributed by atoms with van der Waals surface area (Å²) in [4.78, 5) is 11.3. The summed E-state index contributed by atoms with van der Waals surface area (Å²) in [6, 6.07) is 3.18. The van der Waals surface area contributed by atoms with E-state index < -0.39 is 18.3 Å². The van der Waals surface area contributed by atoms with Crippen molar-refractivity contribution in [3.8, 4) is 0 Å². The van der Waals surface area contributed by atoms with Crippen molar-refractivity contribution in [1.29, 1.82) is 0 Å². The van der Waals surface area contributed by atoms with Gasteiger partial charge in [0.25, 0.3) is 5.92 Å². The summed E-state index contributed by atoms with van der Waals surface area (Å²) in [5.74, 6) is -3.96. The Hall–Kier alpha value is -0.970. The van der Waals surface area contributed by atoms with Crippen molar-refractivity contribution >= 4 is 17.3 Å². The van der Waals surface area contributed by atoms with Gasteiger partial charge in [-0.25, -0.2) is 8.78 Å². The van der Waals surface area contributed by atoms with Crippen molar-refractivity contribution < 1.29 is 18.7 Å². The van der Waals surface area contributed by atoms with Gasteiger partial charge in [-0.05, 0) is 24.0 Å². The smallest absolute Gasteiger partial charge is 0.303 e. The van der Waals surface area contributed by atoms with Crippen molar-refractivity contribution in [3.63, 3.8) is 0 Å². The second-order valence-electron chi connectivity index (χ2n) is 5.37. The maximum absolute atomic E-state index is 13.8. The van der Waals surface area contributed by atoms with Crippen LogP contribution >= 0.6 is 11.3 Å². The molecule has 18 heavy (non-hydrogen) atoms. The lowest BCUT2D eigenvalue weighted by atomic mass is 9.95. The molecule has 0 aliphatic carbocycles. The normalized spacial score (nSPS) is 12.7. The molecule has 0 aliphatic rings. The first-order valence-corrected chi connectivity index (χ1v) is 6.65. The molecular formula is C13H18F2O2S. The Morgan fingerprint density at radius 1 is 1.28 bits per heavy atom. The fourth-order valence-electron chi connectivity index (χ4n) is 1.52. The Labute approximate surface area is 110 Å². The maximum Gasteiger partial charge on any atom is 0.303 e. The molecule has 0 atom stereocenters. The molecule has 0 unspecified atom stereocenters. The molecule has 0 saturated carbocycles. The van der Waals surface area contributed by atoms with Crippen LogP contribution in [0.3, 0.4) is 0 Å². The predicted molar refractivity (Wildman–Crippen MR) is 68.4 cm³/mol. The average Bonchev–Trinajstić information content (AvgIpc) is 2.64. The van der Waals surface area contributed by atoms with Crippen molar-refractivity contribution in [2.75, 3.05) is 0 Å². The number of alkyl halides is 2. The molecule has 0 spiro atoms. The third-order valence-electron chi connectivity index (χ3n) is 2.59. The van der Waals surface area contributed by atoms with Gasteiger partial charge in [-0.15, -0.1) is 11.3 Å². The largest absolute Gasteiger partial charge is 0.481 e. The van der Waals surface area contributed by atoms with E-state index in [-0.39, 0.29) is 23.1 Å². The highest BCUT2D eigenvalue weighted by Crippen LogP contribution is 2.40. The van der Waals surface area contributed by atoms with Gasteiger partial charge in [0.15, 0.2) is 0 Å². The van der Waals surface area contributed by atoms with Crippen LogP contribution in [0.25, 0.3) is 0 Å². The quantitative estimate of drug-likeness (QED) is 0.865. The second-order valence-corrected chi connectivity index (χ2v) is 6.45. The van der Waals surface area contributed by atoms with Gasteiger partial charge in [0.2, 0.25) is 0 Å². The van der Waals surface area contributed by atoms with E-state index in [1.807, 2.05) is 20.8 Å². The third kappa shape index (κ3) is 4.05. The van der Waals surface area contributed by atoms with Crippen molar-refractivity contribution in [3.05, 3.63) is 21.9 Å². The highest BCUT2D eigenvalue weighted by molar-refractivity contribution is 7.12.